The Balaban J connectivity index is 2.12. The zero-order chi connectivity index (χ0) is 14.9. The van der Waals surface area contributed by atoms with Crippen LogP contribution in [0.2, 0.25) is 0 Å². The number of alkyl halides is 2. The van der Waals surface area contributed by atoms with Gasteiger partial charge in [-0.15, -0.1) is 0 Å². The Morgan fingerprint density at radius 3 is 2.70 bits per heavy atom. The van der Waals surface area contributed by atoms with Crippen LogP contribution < -0.4 is 5.32 Å². The number of nitrogens with zero attached hydrogens (tertiary/aromatic N) is 2. The highest BCUT2D eigenvalue weighted by Crippen LogP contribution is 2.21. The highest BCUT2D eigenvalue weighted by Gasteiger charge is 2.26. The number of hydrogen-bond acceptors (Lipinski definition) is 3. The Morgan fingerprint density at radius 2 is 2.15 bits per heavy atom. The molecule has 1 aromatic heterocycles. The molecule has 20 heavy (non-hydrogen) atoms. The lowest BCUT2D eigenvalue weighted by Gasteiger charge is -2.15. The molecule has 114 valence electrons. The molecule has 2 rings (SSSR count). The van der Waals surface area contributed by atoms with E-state index in [1.165, 1.54) is 12.3 Å². The van der Waals surface area contributed by atoms with Crippen LogP contribution in [0, 0.1) is 0 Å². The van der Waals surface area contributed by atoms with Gasteiger partial charge in [0, 0.05) is 38.6 Å². The van der Waals surface area contributed by atoms with Crippen LogP contribution in [0.15, 0.2) is 17.2 Å². The quantitative estimate of drug-likeness (QED) is 0.822. The molecule has 0 unspecified atom stereocenters. The molecule has 1 aliphatic carbocycles. The van der Waals surface area contributed by atoms with Crippen LogP contribution in [0.25, 0.3) is 0 Å². The SMILES string of the molecule is CN(CC(F)F)S(=O)(=O)c1cc(CNC2CC2)n(C)c1. The molecule has 1 aromatic rings. The summed E-state index contributed by atoms with van der Waals surface area (Å²) in [6, 6.07) is 2.05. The van der Waals surface area contributed by atoms with E-state index in [1.54, 1.807) is 11.6 Å². The summed E-state index contributed by atoms with van der Waals surface area (Å²) in [4.78, 5) is 0.0516. The van der Waals surface area contributed by atoms with Gasteiger partial charge in [0.2, 0.25) is 10.0 Å². The average Bonchev–Trinajstić information content (AvgIpc) is 3.09. The van der Waals surface area contributed by atoms with Crippen molar-refractivity contribution >= 4 is 10.0 Å². The van der Waals surface area contributed by atoms with Crippen LogP contribution in [0.1, 0.15) is 18.5 Å². The van der Waals surface area contributed by atoms with Gasteiger partial charge in [-0.25, -0.2) is 17.2 Å². The summed E-state index contributed by atoms with van der Waals surface area (Å²) < 4.78 is 51.3. The maximum absolute atomic E-state index is 12.3. The molecule has 1 aliphatic rings. The van der Waals surface area contributed by atoms with Crippen molar-refractivity contribution in [2.75, 3.05) is 13.6 Å². The van der Waals surface area contributed by atoms with E-state index in [0.29, 0.717) is 16.9 Å². The fourth-order valence-corrected chi connectivity index (χ4v) is 3.15. The number of sulfonamides is 1. The molecule has 1 heterocycles. The fourth-order valence-electron chi connectivity index (χ4n) is 1.90. The van der Waals surface area contributed by atoms with Crippen LogP contribution >= 0.6 is 0 Å². The van der Waals surface area contributed by atoms with Gasteiger partial charge in [-0.05, 0) is 18.9 Å². The molecule has 1 fully saturated rings. The van der Waals surface area contributed by atoms with Crippen molar-refractivity contribution in [3.05, 3.63) is 18.0 Å². The van der Waals surface area contributed by atoms with Gasteiger partial charge < -0.3 is 9.88 Å². The lowest BCUT2D eigenvalue weighted by Crippen LogP contribution is -2.31. The van der Waals surface area contributed by atoms with Crippen molar-refractivity contribution in [3.63, 3.8) is 0 Å². The zero-order valence-corrected chi connectivity index (χ0v) is 12.3. The van der Waals surface area contributed by atoms with Crippen LogP contribution in [0.5, 0.6) is 0 Å². The van der Waals surface area contributed by atoms with E-state index in [2.05, 4.69) is 5.32 Å². The van der Waals surface area contributed by atoms with Gasteiger partial charge in [0.15, 0.2) is 0 Å². The van der Waals surface area contributed by atoms with Gasteiger partial charge in [-0.2, -0.15) is 4.31 Å². The molecule has 0 spiro atoms. The zero-order valence-electron chi connectivity index (χ0n) is 11.5. The minimum absolute atomic E-state index is 0.0516. The highest BCUT2D eigenvalue weighted by molar-refractivity contribution is 7.89. The summed E-state index contributed by atoms with van der Waals surface area (Å²) in [6.45, 7) is -0.220. The Bertz CT molecular complexity index is 567. The van der Waals surface area contributed by atoms with E-state index in [9.17, 15) is 17.2 Å². The predicted molar refractivity (Wildman–Crippen MR) is 71.1 cm³/mol. The van der Waals surface area contributed by atoms with Crippen LogP contribution in [0.4, 0.5) is 8.78 Å². The molecule has 1 N–H and O–H groups in total. The molecule has 0 atom stereocenters. The number of aromatic nitrogens is 1. The van der Waals surface area contributed by atoms with E-state index < -0.39 is 23.0 Å². The Morgan fingerprint density at radius 1 is 1.50 bits per heavy atom. The van der Waals surface area contributed by atoms with E-state index in [4.69, 9.17) is 0 Å². The van der Waals surface area contributed by atoms with Crippen LogP contribution in [-0.2, 0) is 23.6 Å². The van der Waals surface area contributed by atoms with E-state index in [-0.39, 0.29) is 4.90 Å². The number of halogens is 2. The number of rotatable bonds is 7. The van der Waals surface area contributed by atoms with Crippen LogP contribution in [-0.4, -0.2) is 43.3 Å². The standard InChI is InChI=1S/C12H19F2N3O2S/c1-16-7-11(5-10(16)6-15-9-3-4-9)20(18,19)17(2)8-12(13)14/h5,7,9,12,15H,3-4,6,8H2,1-2H3. The topological polar surface area (TPSA) is 54.3 Å². The second kappa shape index (κ2) is 5.79. The summed E-state index contributed by atoms with van der Waals surface area (Å²) in [5.74, 6) is 0. The third-order valence-corrected chi connectivity index (χ3v) is 5.12. The summed E-state index contributed by atoms with van der Waals surface area (Å²) in [7, 11) is -0.945. The maximum atomic E-state index is 12.3. The fraction of sp³-hybridized carbons (Fsp3) is 0.667. The normalized spacial score (nSPS) is 16.3. The van der Waals surface area contributed by atoms with Gasteiger partial charge in [0.1, 0.15) is 4.90 Å². The van der Waals surface area contributed by atoms with Crippen LogP contribution in [0.3, 0.4) is 0 Å². The first-order valence-electron chi connectivity index (χ1n) is 6.44. The predicted octanol–water partition coefficient (Wildman–Crippen LogP) is 1.16. The smallest absolute Gasteiger partial charge is 0.252 e. The number of nitrogens with one attached hydrogen (secondary N) is 1. The first-order chi connectivity index (χ1) is 9.30. The monoisotopic (exact) mass is 307 g/mol. The first-order valence-corrected chi connectivity index (χ1v) is 7.88. The van der Waals surface area contributed by atoms with Crippen molar-refractivity contribution in [3.8, 4) is 0 Å². The Kier molecular flexibility index (Phi) is 4.46. The van der Waals surface area contributed by atoms with Crippen molar-refractivity contribution in [2.24, 2.45) is 7.05 Å². The molecule has 1 saturated carbocycles. The Labute approximate surface area is 117 Å². The summed E-state index contributed by atoms with van der Waals surface area (Å²) in [6.07, 6.45) is 1.06. The lowest BCUT2D eigenvalue weighted by atomic mass is 10.4. The van der Waals surface area contributed by atoms with Gasteiger partial charge >= 0.3 is 0 Å². The Hall–Kier alpha value is -0.990. The first kappa shape index (κ1) is 15.4. The van der Waals surface area contributed by atoms with E-state index in [1.807, 2.05) is 0 Å². The average molecular weight is 307 g/mol. The number of hydrogen-bond donors (Lipinski definition) is 1. The van der Waals surface area contributed by atoms with Gasteiger partial charge in [-0.3, -0.25) is 0 Å². The lowest BCUT2D eigenvalue weighted by molar-refractivity contribution is 0.126. The largest absolute Gasteiger partial charge is 0.352 e. The molecule has 0 radical (unpaired) electrons. The third-order valence-electron chi connectivity index (χ3n) is 3.34. The molecule has 8 heteroatoms. The van der Waals surface area contributed by atoms with E-state index in [0.717, 1.165) is 25.6 Å². The van der Waals surface area contributed by atoms with E-state index >= 15 is 0 Å². The van der Waals surface area contributed by atoms with Crippen molar-refractivity contribution in [1.82, 2.24) is 14.2 Å². The van der Waals surface area contributed by atoms with Gasteiger partial charge in [0.25, 0.3) is 6.43 Å². The second-order valence-corrected chi connectivity index (χ2v) is 7.15. The molecule has 0 bridgehead atoms. The molecule has 5 nitrogen and oxygen atoms in total. The highest BCUT2D eigenvalue weighted by atomic mass is 32.2. The van der Waals surface area contributed by atoms with Crippen molar-refractivity contribution in [1.29, 1.82) is 0 Å². The molecule has 0 amide bonds. The second-order valence-electron chi connectivity index (χ2n) is 5.11. The molecule has 0 aliphatic heterocycles. The van der Waals surface area contributed by atoms with Crippen molar-refractivity contribution < 1.29 is 17.2 Å². The molecular weight excluding hydrogens is 288 g/mol. The van der Waals surface area contributed by atoms with Gasteiger partial charge in [-0.1, -0.05) is 0 Å². The minimum atomic E-state index is -3.85. The van der Waals surface area contributed by atoms with Crippen molar-refractivity contribution in [2.45, 2.75) is 36.7 Å². The molecule has 0 aromatic carbocycles. The molecule has 0 saturated heterocycles. The number of aryl methyl sites for hydroxylation is 1. The molecular formula is C12H19F2N3O2S. The van der Waals surface area contributed by atoms with Gasteiger partial charge in [0.05, 0.1) is 6.54 Å². The third kappa shape index (κ3) is 3.56. The minimum Gasteiger partial charge on any atom is -0.352 e. The summed E-state index contributed by atoms with van der Waals surface area (Å²) in [5.41, 5.74) is 0.820. The summed E-state index contributed by atoms with van der Waals surface area (Å²) in [5, 5.41) is 3.29. The summed E-state index contributed by atoms with van der Waals surface area (Å²) >= 11 is 0. The maximum Gasteiger partial charge on any atom is 0.252 e.